The fourth-order valence-electron chi connectivity index (χ4n) is 5.03. The van der Waals surface area contributed by atoms with Crippen molar-refractivity contribution in [2.24, 2.45) is 7.05 Å². The predicted octanol–water partition coefficient (Wildman–Crippen LogP) is 4.18. The van der Waals surface area contributed by atoms with Crippen LogP contribution in [0, 0.1) is 13.8 Å². The number of hydrogen-bond acceptors (Lipinski definition) is 1. The van der Waals surface area contributed by atoms with E-state index in [2.05, 4.69) is 93.5 Å². The van der Waals surface area contributed by atoms with Crippen LogP contribution in [0.15, 0.2) is 54.6 Å². The van der Waals surface area contributed by atoms with Crippen LogP contribution in [0.3, 0.4) is 0 Å². The largest absolute Gasteiger partial charge is 0.276 e. The van der Waals surface area contributed by atoms with Gasteiger partial charge in [-0.2, -0.15) is 4.68 Å². The highest BCUT2D eigenvalue weighted by molar-refractivity contribution is 6.04. The van der Waals surface area contributed by atoms with Gasteiger partial charge in [-0.15, -0.1) is 0 Å². The van der Waals surface area contributed by atoms with Crippen molar-refractivity contribution in [2.75, 3.05) is 0 Å². The van der Waals surface area contributed by atoms with Crippen molar-refractivity contribution in [2.45, 2.75) is 13.8 Å². The Balaban J connectivity index is 1.98. The molecule has 4 heterocycles. The number of aryl methyl sites for hydroxylation is 3. The van der Waals surface area contributed by atoms with Gasteiger partial charge in [0.25, 0.3) is 11.0 Å². The number of rotatable bonds is 0. The molecule has 0 aliphatic heterocycles. The van der Waals surface area contributed by atoms with E-state index in [4.69, 9.17) is 4.98 Å². The van der Waals surface area contributed by atoms with Gasteiger partial charge in [0, 0.05) is 5.56 Å². The number of hydrogen-bond donors (Lipinski definition) is 0. The van der Waals surface area contributed by atoms with Gasteiger partial charge in [-0.05, 0) is 44.2 Å². The van der Waals surface area contributed by atoms with E-state index in [-0.39, 0.29) is 0 Å². The quantitative estimate of drug-likeness (QED) is 0.293. The number of fused-ring (bicyclic) bond motifs is 7. The van der Waals surface area contributed by atoms with E-state index >= 15 is 0 Å². The second-order valence-electron chi connectivity index (χ2n) is 7.76. The molecule has 0 radical (unpaired) electrons. The fourth-order valence-corrected chi connectivity index (χ4v) is 5.03. The summed E-state index contributed by atoms with van der Waals surface area (Å²) in [4.78, 5) is 5.03. The molecule has 3 aromatic carbocycles. The van der Waals surface area contributed by atoms with Crippen LogP contribution in [0.2, 0.25) is 0 Å². The third-order valence-electron chi connectivity index (χ3n) is 6.39. The first-order valence-corrected chi connectivity index (χ1v) is 9.59. The lowest BCUT2D eigenvalue weighted by Gasteiger charge is -2.04. The summed E-state index contributed by atoms with van der Waals surface area (Å²) in [6, 6.07) is 19.4. The van der Waals surface area contributed by atoms with E-state index in [1.54, 1.807) is 0 Å². The minimum atomic E-state index is 0.975. The van der Waals surface area contributed by atoms with Gasteiger partial charge in [-0.25, -0.2) is 4.98 Å². The Hall–Kier alpha value is -3.60. The third kappa shape index (κ3) is 1.37. The maximum absolute atomic E-state index is 5.03. The van der Waals surface area contributed by atoms with Crippen LogP contribution in [-0.4, -0.2) is 18.5 Å². The molecule has 0 unspecified atom stereocenters. The summed E-state index contributed by atoms with van der Waals surface area (Å²) in [5.41, 5.74) is 10.8. The average Bonchev–Trinajstić information content (AvgIpc) is 3.32. The lowest BCUT2D eigenvalue weighted by atomic mass is 10.1. The zero-order valence-electron chi connectivity index (χ0n) is 15.9. The molecule has 4 aromatic heterocycles. The van der Waals surface area contributed by atoms with Crippen LogP contribution in [0.1, 0.15) is 11.3 Å². The van der Waals surface area contributed by atoms with Crippen molar-refractivity contribution in [3.8, 4) is 0 Å². The molecule has 0 spiro atoms. The van der Waals surface area contributed by atoms with Crippen molar-refractivity contribution in [3.05, 3.63) is 65.9 Å². The molecule has 0 saturated carbocycles. The van der Waals surface area contributed by atoms with Gasteiger partial charge < -0.3 is 0 Å². The normalized spacial score (nSPS) is 12.8. The molecule has 7 aromatic rings. The van der Waals surface area contributed by atoms with E-state index < -0.39 is 0 Å². The SMILES string of the molecule is Cc1ccc2c3c1[n+]1c4c(cccc4n3c3nc4ccccc4n23)c(C)n1C. The zero-order chi connectivity index (χ0) is 18.7. The molecule has 0 bridgehead atoms. The van der Waals surface area contributed by atoms with Crippen LogP contribution in [0.4, 0.5) is 0 Å². The molecule has 134 valence electrons. The van der Waals surface area contributed by atoms with Crippen LogP contribution in [0.25, 0.3) is 49.8 Å². The molecule has 28 heavy (non-hydrogen) atoms. The highest BCUT2D eigenvalue weighted by Gasteiger charge is 2.30. The average molecular weight is 364 g/mol. The smallest absolute Gasteiger partial charge is 0.269 e. The minimum absolute atomic E-state index is 0.975. The summed E-state index contributed by atoms with van der Waals surface area (Å²) in [5, 5.41) is 1.28. The lowest BCUT2D eigenvalue weighted by molar-refractivity contribution is -0.580. The number of para-hydroxylation sites is 3. The van der Waals surface area contributed by atoms with Crippen LogP contribution < -0.4 is 4.52 Å². The molecule has 5 heteroatoms. The van der Waals surface area contributed by atoms with Crippen LogP contribution >= 0.6 is 0 Å². The van der Waals surface area contributed by atoms with Crippen molar-refractivity contribution >= 4 is 49.8 Å². The maximum atomic E-state index is 5.03. The number of aromatic nitrogens is 5. The summed E-state index contributed by atoms with van der Waals surface area (Å²) >= 11 is 0. The summed E-state index contributed by atoms with van der Waals surface area (Å²) in [5.74, 6) is 0.975. The first-order chi connectivity index (χ1) is 13.7. The summed E-state index contributed by atoms with van der Waals surface area (Å²) < 4.78 is 9.29. The van der Waals surface area contributed by atoms with Crippen molar-refractivity contribution < 1.29 is 4.52 Å². The van der Waals surface area contributed by atoms with Crippen molar-refractivity contribution in [1.82, 2.24) is 18.5 Å². The molecular formula is C23H18N5+. The molecule has 0 saturated heterocycles. The lowest BCUT2D eigenvalue weighted by Crippen LogP contribution is -2.34. The fraction of sp³-hybridized carbons (Fsp3) is 0.130. The molecule has 0 amide bonds. The predicted molar refractivity (Wildman–Crippen MR) is 111 cm³/mol. The Morgan fingerprint density at radius 1 is 0.786 bits per heavy atom. The van der Waals surface area contributed by atoms with E-state index in [1.165, 1.54) is 44.2 Å². The highest BCUT2D eigenvalue weighted by atomic mass is 15.4. The molecule has 0 N–H and O–H groups in total. The number of imidazole rings is 2. The maximum Gasteiger partial charge on any atom is 0.269 e. The molecule has 0 aliphatic rings. The van der Waals surface area contributed by atoms with Crippen LogP contribution in [-0.2, 0) is 7.05 Å². The molecule has 0 atom stereocenters. The van der Waals surface area contributed by atoms with Gasteiger partial charge in [-0.1, -0.05) is 28.8 Å². The molecule has 5 nitrogen and oxygen atoms in total. The highest BCUT2D eigenvalue weighted by Crippen LogP contribution is 2.34. The topological polar surface area (TPSA) is 30.7 Å². The van der Waals surface area contributed by atoms with E-state index in [0.29, 0.717) is 0 Å². The Morgan fingerprint density at radius 3 is 2.50 bits per heavy atom. The van der Waals surface area contributed by atoms with Gasteiger partial charge in [-0.3, -0.25) is 8.80 Å². The van der Waals surface area contributed by atoms with Gasteiger partial charge in [0.1, 0.15) is 11.0 Å². The number of benzene rings is 3. The van der Waals surface area contributed by atoms with Gasteiger partial charge in [0.2, 0.25) is 5.78 Å². The zero-order valence-corrected chi connectivity index (χ0v) is 15.9. The molecule has 7 rings (SSSR count). The molecule has 0 aliphatic carbocycles. The summed E-state index contributed by atoms with van der Waals surface area (Å²) in [6.07, 6.45) is 0. The van der Waals surface area contributed by atoms with Crippen molar-refractivity contribution in [3.63, 3.8) is 0 Å². The first kappa shape index (κ1) is 14.5. The molecular weight excluding hydrogens is 346 g/mol. The molecule has 0 fully saturated rings. The second kappa shape index (κ2) is 4.44. The Kier molecular flexibility index (Phi) is 2.29. The first-order valence-electron chi connectivity index (χ1n) is 9.59. The Labute approximate surface area is 160 Å². The van der Waals surface area contributed by atoms with Gasteiger partial charge >= 0.3 is 0 Å². The number of nitrogens with zero attached hydrogens (tertiary/aromatic N) is 5. The summed E-state index contributed by atoms with van der Waals surface area (Å²) in [7, 11) is 2.15. The Morgan fingerprint density at radius 2 is 1.61 bits per heavy atom. The van der Waals surface area contributed by atoms with E-state index in [1.807, 2.05) is 0 Å². The Bertz CT molecular complexity index is 1740. The van der Waals surface area contributed by atoms with Gasteiger partial charge in [0.15, 0.2) is 0 Å². The van der Waals surface area contributed by atoms with Gasteiger partial charge in [0.05, 0.1) is 34.7 Å². The van der Waals surface area contributed by atoms with E-state index in [9.17, 15) is 0 Å². The van der Waals surface area contributed by atoms with Crippen molar-refractivity contribution in [1.29, 1.82) is 0 Å². The van der Waals surface area contributed by atoms with E-state index in [0.717, 1.165) is 16.8 Å². The summed E-state index contributed by atoms with van der Waals surface area (Å²) in [6.45, 7) is 4.39. The van der Waals surface area contributed by atoms with Crippen LogP contribution in [0.5, 0.6) is 0 Å². The third-order valence-corrected chi connectivity index (χ3v) is 6.39. The standard InChI is InChI=1S/C23H18N5/c1-13-11-12-19-22-20(13)28-21-15(14(2)25(28)3)7-6-10-18(21)27(22)23-24-16-8-4-5-9-17(16)26(19)23/h4-12H,1-3H3/q+1. The minimum Gasteiger partial charge on any atom is -0.276 e. The monoisotopic (exact) mass is 364 g/mol. The second-order valence-corrected chi connectivity index (χ2v) is 7.76.